The third-order valence-corrected chi connectivity index (χ3v) is 5.67. The summed E-state index contributed by atoms with van der Waals surface area (Å²) in [7, 11) is 0. The molecule has 0 aliphatic carbocycles. The van der Waals surface area contributed by atoms with Gasteiger partial charge in [-0.05, 0) is 31.2 Å². The Kier molecular flexibility index (Phi) is 5.74. The summed E-state index contributed by atoms with van der Waals surface area (Å²) in [5.74, 6) is 0.0424. The van der Waals surface area contributed by atoms with Crippen LogP contribution in [0.2, 0.25) is 0 Å². The topological polar surface area (TPSA) is 58.6 Å². The van der Waals surface area contributed by atoms with Gasteiger partial charge in [0.15, 0.2) is 0 Å². The number of nitrogens with one attached hydrogen (secondary N) is 1. The van der Waals surface area contributed by atoms with E-state index in [0.29, 0.717) is 13.1 Å². The van der Waals surface area contributed by atoms with Crippen molar-refractivity contribution in [1.29, 1.82) is 0 Å². The lowest BCUT2D eigenvalue weighted by molar-refractivity contribution is -0.134. The van der Waals surface area contributed by atoms with E-state index in [-0.39, 0.29) is 23.1 Å². The quantitative estimate of drug-likeness (QED) is 0.910. The Bertz CT molecular complexity index is 596. The zero-order valence-electron chi connectivity index (χ0n) is 15.0. The molecular formula is C20H28N2O3. The smallest absolute Gasteiger partial charge is 0.224 e. The number of carbonyl (C=O) groups is 2. The highest BCUT2D eigenvalue weighted by atomic mass is 16.5. The first-order valence-corrected chi connectivity index (χ1v) is 9.27. The van der Waals surface area contributed by atoms with Gasteiger partial charge in [-0.15, -0.1) is 0 Å². The van der Waals surface area contributed by atoms with Gasteiger partial charge in [0.2, 0.25) is 11.8 Å². The molecule has 0 bridgehead atoms. The van der Waals surface area contributed by atoms with Crippen molar-refractivity contribution >= 4 is 11.8 Å². The molecule has 2 saturated heterocycles. The van der Waals surface area contributed by atoms with Crippen LogP contribution in [0.25, 0.3) is 0 Å². The highest BCUT2D eigenvalue weighted by Gasteiger charge is 2.36. The predicted octanol–water partition coefficient (Wildman–Crippen LogP) is 2.11. The van der Waals surface area contributed by atoms with Gasteiger partial charge in [0.25, 0.3) is 0 Å². The second kappa shape index (κ2) is 8.00. The number of hydrogen-bond acceptors (Lipinski definition) is 3. The average molecular weight is 344 g/mol. The number of rotatable bonds is 4. The summed E-state index contributed by atoms with van der Waals surface area (Å²) in [6.07, 6.45) is 3.59. The molecule has 2 aliphatic rings. The number of hydrogen-bond donors (Lipinski definition) is 1. The molecule has 0 aromatic heterocycles. The molecule has 2 aliphatic heterocycles. The van der Waals surface area contributed by atoms with E-state index in [1.165, 1.54) is 5.56 Å². The van der Waals surface area contributed by atoms with E-state index in [4.69, 9.17) is 4.74 Å². The first-order valence-electron chi connectivity index (χ1n) is 9.27. The van der Waals surface area contributed by atoms with Crippen LogP contribution in [0.4, 0.5) is 0 Å². The summed E-state index contributed by atoms with van der Waals surface area (Å²) >= 11 is 0. The van der Waals surface area contributed by atoms with E-state index in [9.17, 15) is 9.59 Å². The monoisotopic (exact) mass is 344 g/mol. The Morgan fingerprint density at radius 1 is 1.24 bits per heavy atom. The van der Waals surface area contributed by atoms with Crippen molar-refractivity contribution in [3.8, 4) is 0 Å². The Morgan fingerprint density at radius 2 is 1.96 bits per heavy atom. The van der Waals surface area contributed by atoms with Crippen molar-refractivity contribution < 1.29 is 14.3 Å². The molecule has 0 spiro atoms. The molecule has 1 N–H and O–H groups in total. The average Bonchev–Trinajstić information content (AvgIpc) is 2.67. The van der Waals surface area contributed by atoms with E-state index in [1.54, 1.807) is 11.8 Å². The highest BCUT2D eigenvalue weighted by Crippen LogP contribution is 2.34. The molecule has 0 saturated carbocycles. The molecule has 25 heavy (non-hydrogen) atoms. The van der Waals surface area contributed by atoms with E-state index >= 15 is 0 Å². The maximum atomic E-state index is 12.7. The number of amides is 2. The molecule has 5 heteroatoms. The first kappa shape index (κ1) is 17.9. The van der Waals surface area contributed by atoms with Crippen LogP contribution in [0.1, 0.15) is 38.2 Å². The second-order valence-electron chi connectivity index (χ2n) is 7.28. The number of likely N-dealkylation sites (tertiary alicyclic amines) is 1. The molecule has 1 aromatic carbocycles. The van der Waals surface area contributed by atoms with Crippen LogP contribution in [-0.4, -0.2) is 49.6 Å². The normalized spacial score (nSPS) is 23.1. The van der Waals surface area contributed by atoms with Crippen molar-refractivity contribution in [2.45, 2.75) is 38.0 Å². The Morgan fingerprint density at radius 3 is 2.64 bits per heavy atom. The number of piperidine rings is 1. The fraction of sp³-hybridized carbons (Fsp3) is 0.600. The van der Waals surface area contributed by atoms with Gasteiger partial charge < -0.3 is 15.0 Å². The van der Waals surface area contributed by atoms with Gasteiger partial charge in [0.05, 0.1) is 5.92 Å². The minimum Gasteiger partial charge on any atom is -0.381 e. The summed E-state index contributed by atoms with van der Waals surface area (Å²) in [4.78, 5) is 26.1. The summed E-state index contributed by atoms with van der Waals surface area (Å²) < 4.78 is 5.55. The van der Waals surface area contributed by atoms with Gasteiger partial charge in [-0.3, -0.25) is 9.59 Å². The van der Waals surface area contributed by atoms with Gasteiger partial charge in [-0.1, -0.05) is 30.3 Å². The van der Waals surface area contributed by atoms with Crippen molar-refractivity contribution in [1.82, 2.24) is 10.2 Å². The molecular weight excluding hydrogens is 316 g/mol. The number of ether oxygens (including phenoxy) is 1. The van der Waals surface area contributed by atoms with Crippen LogP contribution in [0.5, 0.6) is 0 Å². The number of nitrogens with zero attached hydrogens (tertiary/aromatic N) is 1. The van der Waals surface area contributed by atoms with Crippen LogP contribution in [0.15, 0.2) is 30.3 Å². The van der Waals surface area contributed by atoms with Gasteiger partial charge in [-0.25, -0.2) is 0 Å². The SMILES string of the molecule is CC(=O)N1CCCC(C(=O)NCC2(c3ccccc3)CCOCC2)C1. The summed E-state index contributed by atoms with van der Waals surface area (Å²) in [6, 6.07) is 10.4. The van der Waals surface area contributed by atoms with E-state index in [1.807, 2.05) is 6.07 Å². The van der Waals surface area contributed by atoms with Crippen LogP contribution in [0.3, 0.4) is 0 Å². The molecule has 136 valence electrons. The summed E-state index contributed by atoms with van der Waals surface area (Å²) in [5, 5.41) is 3.19. The van der Waals surface area contributed by atoms with Crippen LogP contribution < -0.4 is 5.32 Å². The molecule has 0 radical (unpaired) electrons. The minimum absolute atomic E-state index is 0.0515. The van der Waals surface area contributed by atoms with E-state index in [2.05, 4.69) is 29.6 Å². The fourth-order valence-corrected chi connectivity index (χ4v) is 4.00. The molecule has 2 amide bonds. The third-order valence-electron chi connectivity index (χ3n) is 5.67. The lowest BCUT2D eigenvalue weighted by atomic mass is 9.74. The largest absolute Gasteiger partial charge is 0.381 e. The van der Waals surface area contributed by atoms with Crippen LogP contribution >= 0.6 is 0 Å². The standard InChI is InChI=1S/C20H28N2O3/c1-16(23)22-11-5-6-17(14-22)19(24)21-15-20(9-12-25-13-10-20)18-7-3-2-4-8-18/h2-4,7-8,17H,5-6,9-15H2,1H3,(H,21,24). The zero-order chi connectivity index (χ0) is 17.7. The summed E-state index contributed by atoms with van der Waals surface area (Å²) in [5.41, 5.74) is 1.22. The molecule has 5 nitrogen and oxygen atoms in total. The third kappa shape index (κ3) is 4.21. The molecule has 3 rings (SSSR count). The maximum absolute atomic E-state index is 12.7. The molecule has 1 aromatic rings. The lowest BCUT2D eigenvalue weighted by Crippen LogP contribution is -2.49. The van der Waals surface area contributed by atoms with E-state index < -0.39 is 0 Å². The molecule has 1 unspecified atom stereocenters. The Labute approximate surface area is 149 Å². The first-order chi connectivity index (χ1) is 12.1. The Balaban J connectivity index is 1.65. The fourth-order valence-electron chi connectivity index (χ4n) is 4.00. The van der Waals surface area contributed by atoms with Crippen molar-refractivity contribution in [2.24, 2.45) is 5.92 Å². The van der Waals surface area contributed by atoms with Crippen LogP contribution in [0, 0.1) is 5.92 Å². The van der Waals surface area contributed by atoms with Crippen molar-refractivity contribution in [2.75, 3.05) is 32.8 Å². The van der Waals surface area contributed by atoms with Gasteiger partial charge in [0.1, 0.15) is 0 Å². The van der Waals surface area contributed by atoms with Crippen molar-refractivity contribution in [3.63, 3.8) is 0 Å². The minimum atomic E-state index is -0.0923. The molecule has 1 atom stereocenters. The maximum Gasteiger partial charge on any atom is 0.224 e. The number of benzene rings is 1. The van der Waals surface area contributed by atoms with Gasteiger partial charge >= 0.3 is 0 Å². The summed E-state index contributed by atoms with van der Waals surface area (Å²) in [6.45, 7) is 4.98. The number of carbonyl (C=O) groups excluding carboxylic acids is 2. The Hall–Kier alpha value is -1.88. The molecule has 2 heterocycles. The van der Waals surface area contributed by atoms with E-state index in [0.717, 1.165) is 45.4 Å². The van der Waals surface area contributed by atoms with Crippen LogP contribution in [-0.2, 0) is 19.7 Å². The lowest BCUT2D eigenvalue weighted by Gasteiger charge is -2.39. The van der Waals surface area contributed by atoms with Gasteiger partial charge in [0, 0.05) is 45.2 Å². The van der Waals surface area contributed by atoms with Gasteiger partial charge in [-0.2, -0.15) is 0 Å². The van der Waals surface area contributed by atoms with Crippen molar-refractivity contribution in [3.05, 3.63) is 35.9 Å². The zero-order valence-corrected chi connectivity index (χ0v) is 15.0. The second-order valence-corrected chi connectivity index (χ2v) is 7.28. The highest BCUT2D eigenvalue weighted by molar-refractivity contribution is 5.80. The predicted molar refractivity (Wildman–Crippen MR) is 96.2 cm³/mol. The molecule has 2 fully saturated rings.